The Labute approximate surface area is 165 Å². The fourth-order valence-corrected chi connectivity index (χ4v) is 6.28. The molecule has 0 fully saturated rings. The fraction of sp³-hybridized carbons (Fsp3) is 0.222. The summed E-state index contributed by atoms with van der Waals surface area (Å²) in [7, 11) is -3.53. The van der Waals surface area contributed by atoms with Crippen molar-refractivity contribution in [2.45, 2.75) is 24.8 Å². The average Bonchev–Trinajstić information content (AvgIpc) is 3.27. The number of thiazole rings is 1. The van der Waals surface area contributed by atoms with Crippen molar-refractivity contribution in [3.63, 3.8) is 0 Å². The molecule has 3 heterocycles. The number of rotatable bonds is 4. The Kier molecular flexibility index (Phi) is 4.85. The molecule has 0 bridgehead atoms. The maximum atomic E-state index is 12.8. The number of aromatic nitrogens is 1. The number of carbonyl (C=O) groups is 1. The van der Waals surface area contributed by atoms with Crippen molar-refractivity contribution in [3.05, 3.63) is 62.8 Å². The molecule has 4 rings (SSSR count). The molecule has 0 atom stereocenters. The molecule has 0 unspecified atom stereocenters. The van der Waals surface area contributed by atoms with Gasteiger partial charge in [0.1, 0.15) is 0 Å². The van der Waals surface area contributed by atoms with E-state index in [1.807, 2.05) is 18.4 Å². The number of anilines is 1. The highest BCUT2D eigenvalue weighted by Gasteiger charge is 2.30. The molecule has 3 aromatic rings. The van der Waals surface area contributed by atoms with Gasteiger partial charge in [0.15, 0.2) is 5.13 Å². The molecular formula is C18H17N3O3S3. The standard InChI is InChI=1S/C18H17N3O3S3/c1-12-8-10-25-16(12)17(22)20-18-19-14-7-9-21(11-15(14)26-18)27(23,24)13-5-3-2-4-6-13/h2-6,8,10H,7,9,11H2,1H3,(H,19,20,22). The minimum atomic E-state index is -3.53. The molecule has 1 aromatic carbocycles. The summed E-state index contributed by atoms with van der Waals surface area (Å²) in [6.07, 6.45) is 0.534. The number of amides is 1. The zero-order valence-corrected chi connectivity index (χ0v) is 17.0. The first-order valence-electron chi connectivity index (χ1n) is 8.34. The Balaban J connectivity index is 1.53. The molecule has 1 amide bonds. The Morgan fingerprint density at radius 3 is 2.70 bits per heavy atom. The Morgan fingerprint density at radius 2 is 2.00 bits per heavy atom. The number of fused-ring (bicyclic) bond motifs is 1. The highest BCUT2D eigenvalue weighted by molar-refractivity contribution is 7.89. The molecule has 9 heteroatoms. The fourth-order valence-electron chi connectivity index (χ4n) is 2.93. The second-order valence-corrected chi connectivity index (χ2v) is 10.1. The number of aryl methyl sites for hydroxylation is 1. The number of benzene rings is 1. The predicted octanol–water partition coefficient (Wildman–Crippen LogP) is 3.51. The summed E-state index contributed by atoms with van der Waals surface area (Å²) in [6.45, 7) is 2.55. The lowest BCUT2D eigenvalue weighted by molar-refractivity contribution is 0.103. The zero-order chi connectivity index (χ0) is 19.0. The minimum Gasteiger partial charge on any atom is -0.297 e. The summed E-state index contributed by atoms with van der Waals surface area (Å²) < 4.78 is 27.1. The van der Waals surface area contributed by atoms with Crippen LogP contribution in [-0.2, 0) is 23.0 Å². The van der Waals surface area contributed by atoms with Crippen LogP contribution in [0.5, 0.6) is 0 Å². The van der Waals surface area contributed by atoms with Crippen molar-refractivity contribution in [2.75, 3.05) is 11.9 Å². The first-order valence-corrected chi connectivity index (χ1v) is 11.5. The summed E-state index contributed by atoms with van der Waals surface area (Å²) >= 11 is 2.73. The van der Waals surface area contributed by atoms with Crippen LogP contribution in [0.1, 0.15) is 25.8 Å². The van der Waals surface area contributed by atoms with Gasteiger partial charge in [-0.3, -0.25) is 10.1 Å². The van der Waals surface area contributed by atoms with Gasteiger partial charge >= 0.3 is 0 Å². The van der Waals surface area contributed by atoms with E-state index >= 15 is 0 Å². The van der Waals surface area contributed by atoms with Gasteiger partial charge in [-0.05, 0) is 36.1 Å². The third-order valence-corrected chi connectivity index (χ3v) is 8.24. The van der Waals surface area contributed by atoms with Crippen molar-refractivity contribution < 1.29 is 13.2 Å². The molecule has 0 radical (unpaired) electrons. The van der Waals surface area contributed by atoms with Gasteiger partial charge < -0.3 is 0 Å². The number of nitrogens with one attached hydrogen (secondary N) is 1. The van der Waals surface area contributed by atoms with E-state index in [1.165, 1.54) is 27.0 Å². The second-order valence-electron chi connectivity index (χ2n) is 6.18. The summed E-state index contributed by atoms with van der Waals surface area (Å²) in [5, 5.41) is 5.23. The number of hydrogen-bond acceptors (Lipinski definition) is 6. The third-order valence-electron chi connectivity index (χ3n) is 4.37. The molecule has 0 aliphatic carbocycles. The first kappa shape index (κ1) is 18.3. The van der Waals surface area contributed by atoms with E-state index < -0.39 is 10.0 Å². The molecule has 27 heavy (non-hydrogen) atoms. The van der Waals surface area contributed by atoms with E-state index in [-0.39, 0.29) is 12.5 Å². The highest BCUT2D eigenvalue weighted by atomic mass is 32.2. The van der Waals surface area contributed by atoms with Crippen molar-refractivity contribution >= 4 is 43.7 Å². The third kappa shape index (κ3) is 3.55. The van der Waals surface area contributed by atoms with E-state index in [1.54, 1.807) is 30.3 Å². The molecule has 6 nitrogen and oxygen atoms in total. The first-order chi connectivity index (χ1) is 12.9. The normalized spacial score (nSPS) is 14.7. The van der Waals surface area contributed by atoms with E-state index in [9.17, 15) is 13.2 Å². The van der Waals surface area contributed by atoms with Crippen LogP contribution in [0, 0.1) is 6.92 Å². The van der Waals surface area contributed by atoms with E-state index in [4.69, 9.17) is 0 Å². The van der Waals surface area contributed by atoms with Crippen LogP contribution in [0.3, 0.4) is 0 Å². The van der Waals surface area contributed by atoms with Gasteiger partial charge in [-0.2, -0.15) is 4.31 Å². The number of carbonyl (C=O) groups excluding carboxylic acids is 1. The monoisotopic (exact) mass is 419 g/mol. The van der Waals surface area contributed by atoms with Crippen molar-refractivity contribution in [3.8, 4) is 0 Å². The molecule has 0 saturated heterocycles. The maximum absolute atomic E-state index is 12.8. The van der Waals surface area contributed by atoms with Gasteiger partial charge in [-0.15, -0.1) is 22.7 Å². The molecule has 0 saturated carbocycles. The average molecular weight is 420 g/mol. The lowest BCUT2D eigenvalue weighted by Gasteiger charge is -2.25. The quantitative estimate of drug-likeness (QED) is 0.702. The summed E-state index contributed by atoms with van der Waals surface area (Å²) in [5.74, 6) is -0.178. The van der Waals surface area contributed by atoms with Gasteiger partial charge in [0.25, 0.3) is 5.91 Å². The van der Waals surface area contributed by atoms with Crippen LogP contribution in [0.15, 0.2) is 46.7 Å². The largest absolute Gasteiger partial charge is 0.297 e. The SMILES string of the molecule is Cc1ccsc1C(=O)Nc1nc2c(s1)CN(S(=O)(=O)c1ccccc1)CC2. The summed E-state index contributed by atoms with van der Waals surface area (Å²) in [5.41, 5.74) is 1.79. The van der Waals surface area contributed by atoms with Gasteiger partial charge in [-0.1, -0.05) is 18.2 Å². The highest BCUT2D eigenvalue weighted by Crippen LogP contribution is 2.31. The molecule has 140 valence electrons. The van der Waals surface area contributed by atoms with Gasteiger partial charge in [-0.25, -0.2) is 13.4 Å². The van der Waals surface area contributed by atoms with Crippen LogP contribution in [0.25, 0.3) is 0 Å². The van der Waals surface area contributed by atoms with Crippen LogP contribution in [0.4, 0.5) is 5.13 Å². The molecule has 0 spiro atoms. The molecule has 1 aliphatic rings. The molecular weight excluding hydrogens is 402 g/mol. The van der Waals surface area contributed by atoms with Crippen molar-refractivity contribution in [2.24, 2.45) is 0 Å². The lowest BCUT2D eigenvalue weighted by Crippen LogP contribution is -2.35. The molecule has 1 aliphatic heterocycles. The van der Waals surface area contributed by atoms with Crippen LogP contribution in [0.2, 0.25) is 0 Å². The Morgan fingerprint density at radius 1 is 1.22 bits per heavy atom. The number of thiophene rings is 1. The van der Waals surface area contributed by atoms with Crippen molar-refractivity contribution in [1.82, 2.24) is 9.29 Å². The predicted molar refractivity (Wildman–Crippen MR) is 107 cm³/mol. The van der Waals surface area contributed by atoms with Crippen LogP contribution >= 0.6 is 22.7 Å². The Bertz CT molecular complexity index is 1090. The summed E-state index contributed by atoms with van der Waals surface area (Å²) in [4.78, 5) is 18.7. The number of nitrogens with zero attached hydrogens (tertiary/aromatic N) is 2. The van der Waals surface area contributed by atoms with Gasteiger partial charge in [0.05, 0.1) is 22.0 Å². The Hall–Kier alpha value is -2.07. The topological polar surface area (TPSA) is 79.4 Å². The van der Waals surface area contributed by atoms with E-state index in [2.05, 4.69) is 10.3 Å². The minimum absolute atomic E-state index is 0.178. The van der Waals surface area contributed by atoms with E-state index in [0.29, 0.717) is 27.9 Å². The second kappa shape index (κ2) is 7.16. The smallest absolute Gasteiger partial charge is 0.267 e. The lowest BCUT2D eigenvalue weighted by atomic mass is 10.2. The molecule has 1 N–H and O–H groups in total. The van der Waals surface area contributed by atoms with Gasteiger partial charge in [0.2, 0.25) is 10.0 Å². The summed E-state index contributed by atoms with van der Waals surface area (Å²) in [6, 6.07) is 10.3. The molecule has 2 aromatic heterocycles. The van der Waals surface area contributed by atoms with Crippen LogP contribution < -0.4 is 5.32 Å². The number of sulfonamides is 1. The number of hydrogen-bond donors (Lipinski definition) is 1. The zero-order valence-electron chi connectivity index (χ0n) is 14.5. The van der Waals surface area contributed by atoms with Crippen LogP contribution in [-0.4, -0.2) is 30.2 Å². The maximum Gasteiger partial charge on any atom is 0.267 e. The van der Waals surface area contributed by atoms with Crippen molar-refractivity contribution in [1.29, 1.82) is 0 Å². The van der Waals surface area contributed by atoms with E-state index in [0.717, 1.165) is 16.1 Å². The van der Waals surface area contributed by atoms with Gasteiger partial charge in [0, 0.05) is 17.8 Å².